The summed E-state index contributed by atoms with van der Waals surface area (Å²) in [4.78, 5) is 8.89. The lowest BCUT2D eigenvalue weighted by Gasteiger charge is -2.08. The van der Waals surface area contributed by atoms with Crippen molar-refractivity contribution in [1.29, 1.82) is 0 Å². The number of nitrogens with two attached hydrogens (primary N) is 1. The van der Waals surface area contributed by atoms with Gasteiger partial charge in [0.25, 0.3) is 0 Å². The van der Waals surface area contributed by atoms with E-state index in [1.54, 1.807) is 10.9 Å². The van der Waals surface area contributed by atoms with E-state index in [0.717, 1.165) is 40.3 Å². The van der Waals surface area contributed by atoms with E-state index in [4.69, 9.17) is 5.73 Å². The molecule has 0 fully saturated rings. The Morgan fingerprint density at radius 2 is 2.11 bits per heavy atom. The van der Waals surface area contributed by atoms with E-state index < -0.39 is 0 Å². The summed E-state index contributed by atoms with van der Waals surface area (Å²) in [6.07, 6.45) is 3.38. The first-order chi connectivity index (χ1) is 8.69. The first-order valence-corrected chi connectivity index (χ1v) is 6.78. The predicted molar refractivity (Wildman–Crippen MR) is 73.5 cm³/mol. The molecule has 0 aliphatic heterocycles. The fourth-order valence-corrected chi connectivity index (χ4v) is 2.13. The first kappa shape index (κ1) is 13.2. The van der Waals surface area contributed by atoms with Crippen molar-refractivity contribution in [2.75, 3.05) is 0 Å². The van der Waals surface area contributed by atoms with Gasteiger partial charge in [-0.3, -0.25) is 0 Å². The summed E-state index contributed by atoms with van der Waals surface area (Å²) in [5.74, 6) is 2.51. The Balaban J connectivity index is 2.56. The Hall–Kier alpha value is -1.27. The van der Waals surface area contributed by atoms with Crippen LogP contribution in [-0.2, 0) is 19.4 Å². The Morgan fingerprint density at radius 1 is 1.33 bits per heavy atom. The fourth-order valence-electron chi connectivity index (χ4n) is 1.75. The van der Waals surface area contributed by atoms with Gasteiger partial charge in [-0.05, 0) is 22.0 Å². The standard InChI is InChI=1S/C12H16BrN5/c1-3-10-16-11(4-2)18(17-10)12-8(6-14)5-9(13)7-15-12/h5,7H,3-4,6,14H2,1-2H3. The van der Waals surface area contributed by atoms with Crippen LogP contribution >= 0.6 is 15.9 Å². The van der Waals surface area contributed by atoms with Crippen LogP contribution in [0.1, 0.15) is 31.1 Å². The average molecular weight is 310 g/mol. The van der Waals surface area contributed by atoms with Crippen LogP contribution in [0.5, 0.6) is 0 Å². The Kier molecular flexibility index (Phi) is 4.08. The van der Waals surface area contributed by atoms with Gasteiger partial charge in [-0.15, -0.1) is 5.10 Å². The number of pyridine rings is 1. The second-order valence-electron chi connectivity index (χ2n) is 3.90. The summed E-state index contributed by atoms with van der Waals surface area (Å²) in [5.41, 5.74) is 6.72. The second kappa shape index (κ2) is 5.58. The van der Waals surface area contributed by atoms with Crippen LogP contribution < -0.4 is 5.73 Å². The molecule has 18 heavy (non-hydrogen) atoms. The van der Waals surface area contributed by atoms with Crippen molar-refractivity contribution in [3.63, 3.8) is 0 Å². The maximum Gasteiger partial charge on any atom is 0.160 e. The van der Waals surface area contributed by atoms with E-state index in [1.807, 2.05) is 13.0 Å². The molecule has 0 radical (unpaired) electrons. The van der Waals surface area contributed by atoms with Crippen LogP contribution in [0.3, 0.4) is 0 Å². The van der Waals surface area contributed by atoms with Gasteiger partial charge in [0, 0.05) is 35.6 Å². The SMILES string of the molecule is CCc1nc(CC)n(-c2ncc(Br)cc2CN)n1. The summed E-state index contributed by atoms with van der Waals surface area (Å²) >= 11 is 3.40. The minimum Gasteiger partial charge on any atom is -0.326 e. The smallest absolute Gasteiger partial charge is 0.160 e. The molecule has 0 saturated carbocycles. The Labute approximate surface area is 115 Å². The minimum absolute atomic E-state index is 0.423. The largest absolute Gasteiger partial charge is 0.326 e. The molecule has 2 N–H and O–H groups in total. The van der Waals surface area contributed by atoms with Crippen molar-refractivity contribution in [2.45, 2.75) is 33.2 Å². The van der Waals surface area contributed by atoms with Crippen molar-refractivity contribution in [2.24, 2.45) is 5.73 Å². The monoisotopic (exact) mass is 309 g/mol. The van der Waals surface area contributed by atoms with Crippen LogP contribution in [0.4, 0.5) is 0 Å². The third-order valence-electron chi connectivity index (χ3n) is 2.68. The summed E-state index contributed by atoms with van der Waals surface area (Å²) in [6, 6.07) is 1.97. The number of aryl methyl sites for hydroxylation is 2. The molecule has 2 aromatic rings. The van der Waals surface area contributed by atoms with Crippen LogP contribution in [0, 0.1) is 0 Å². The number of nitrogens with zero attached hydrogens (tertiary/aromatic N) is 4. The number of halogens is 1. The molecule has 0 bridgehead atoms. The molecule has 2 rings (SSSR count). The topological polar surface area (TPSA) is 69.6 Å². The molecule has 0 aliphatic rings. The van der Waals surface area contributed by atoms with Crippen molar-refractivity contribution in [3.05, 3.63) is 33.9 Å². The van der Waals surface area contributed by atoms with Crippen LogP contribution in [0.15, 0.2) is 16.7 Å². The third kappa shape index (κ3) is 2.44. The molecule has 5 nitrogen and oxygen atoms in total. The highest BCUT2D eigenvalue weighted by atomic mass is 79.9. The van der Waals surface area contributed by atoms with Crippen LogP contribution in [0.25, 0.3) is 5.82 Å². The van der Waals surface area contributed by atoms with Gasteiger partial charge in [0.15, 0.2) is 11.6 Å². The van der Waals surface area contributed by atoms with E-state index >= 15 is 0 Å². The minimum atomic E-state index is 0.423. The molecule has 0 amide bonds. The summed E-state index contributed by atoms with van der Waals surface area (Å²) < 4.78 is 2.72. The van der Waals surface area contributed by atoms with E-state index in [1.165, 1.54) is 0 Å². The second-order valence-corrected chi connectivity index (χ2v) is 4.82. The van der Waals surface area contributed by atoms with Crippen molar-refractivity contribution < 1.29 is 0 Å². The van der Waals surface area contributed by atoms with Crippen molar-refractivity contribution >= 4 is 15.9 Å². The number of aromatic nitrogens is 4. The van der Waals surface area contributed by atoms with Gasteiger partial charge in [0.2, 0.25) is 0 Å². The highest BCUT2D eigenvalue weighted by molar-refractivity contribution is 9.10. The summed E-state index contributed by atoms with van der Waals surface area (Å²) in [6.45, 7) is 4.52. The molecular formula is C12H16BrN5. The highest BCUT2D eigenvalue weighted by Crippen LogP contribution is 2.18. The predicted octanol–water partition coefficient (Wildman–Crippen LogP) is 2.01. The molecule has 96 valence electrons. The number of hydrogen-bond donors (Lipinski definition) is 1. The molecular weight excluding hydrogens is 294 g/mol. The molecule has 2 heterocycles. The quantitative estimate of drug-likeness (QED) is 0.938. The first-order valence-electron chi connectivity index (χ1n) is 5.99. The normalized spacial score (nSPS) is 10.9. The van der Waals surface area contributed by atoms with Crippen LogP contribution in [0.2, 0.25) is 0 Å². The summed E-state index contributed by atoms with van der Waals surface area (Å²) in [7, 11) is 0. The molecule has 0 spiro atoms. The molecule has 0 unspecified atom stereocenters. The van der Waals surface area contributed by atoms with Crippen molar-refractivity contribution in [1.82, 2.24) is 19.7 Å². The lowest BCUT2D eigenvalue weighted by molar-refractivity contribution is 0.755. The van der Waals surface area contributed by atoms with Crippen molar-refractivity contribution in [3.8, 4) is 5.82 Å². The number of hydrogen-bond acceptors (Lipinski definition) is 4. The Morgan fingerprint density at radius 3 is 2.72 bits per heavy atom. The lowest BCUT2D eigenvalue weighted by atomic mass is 10.2. The van der Waals surface area contributed by atoms with Gasteiger partial charge in [0.05, 0.1) is 0 Å². The maximum atomic E-state index is 5.77. The van der Waals surface area contributed by atoms with E-state index in [2.05, 4.69) is 37.9 Å². The number of rotatable bonds is 4. The molecule has 0 atom stereocenters. The molecule has 0 saturated heterocycles. The third-order valence-corrected chi connectivity index (χ3v) is 3.11. The molecule has 2 aromatic heterocycles. The van der Waals surface area contributed by atoms with E-state index in [9.17, 15) is 0 Å². The average Bonchev–Trinajstić information content (AvgIpc) is 2.81. The zero-order valence-electron chi connectivity index (χ0n) is 10.5. The zero-order chi connectivity index (χ0) is 13.1. The molecule has 6 heteroatoms. The van der Waals surface area contributed by atoms with Gasteiger partial charge >= 0.3 is 0 Å². The van der Waals surface area contributed by atoms with E-state index in [-0.39, 0.29) is 0 Å². The van der Waals surface area contributed by atoms with Gasteiger partial charge in [-0.2, -0.15) is 4.68 Å². The van der Waals surface area contributed by atoms with Gasteiger partial charge in [-0.1, -0.05) is 13.8 Å². The lowest BCUT2D eigenvalue weighted by Crippen LogP contribution is -2.10. The summed E-state index contributed by atoms with van der Waals surface area (Å²) in [5, 5.41) is 4.48. The molecule has 0 aliphatic carbocycles. The van der Waals surface area contributed by atoms with Gasteiger partial charge < -0.3 is 5.73 Å². The fraction of sp³-hybridized carbons (Fsp3) is 0.417. The van der Waals surface area contributed by atoms with Gasteiger partial charge in [-0.25, -0.2) is 9.97 Å². The Bertz CT molecular complexity index is 549. The van der Waals surface area contributed by atoms with Gasteiger partial charge in [0.1, 0.15) is 5.82 Å². The van der Waals surface area contributed by atoms with Crippen LogP contribution in [-0.4, -0.2) is 19.7 Å². The van der Waals surface area contributed by atoms with E-state index in [0.29, 0.717) is 6.54 Å². The zero-order valence-corrected chi connectivity index (χ0v) is 12.1. The maximum absolute atomic E-state index is 5.77. The highest BCUT2D eigenvalue weighted by Gasteiger charge is 2.13. The molecule has 0 aromatic carbocycles.